The fraction of sp³-hybridized carbons (Fsp3) is 0.312. The summed E-state index contributed by atoms with van der Waals surface area (Å²) in [5.41, 5.74) is 0. The van der Waals surface area contributed by atoms with E-state index in [-0.39, 0.29) is 18.3 Å². The minimum Gasteiger partial charge on any atom is -0.459 e. The lowest BCUT2D eigenvalue weighted by atomic mass is 10.4. The van der Waals surface area contributed by atoms with Gasteiger partial charge in [0, 0.05) is 13.1 Å². The van der Waals surface area contributed by atoms with Crippen molar-refractivity contribution in [1.82, 2.24) is 4.90 Å². The number of nitrogens with one attached hydrogen (secondary N) is 1. The molecule has 0 bridgehead atoms. The Hall–Kier alpha value is -2.61. The maximum Gasteiger partial charge on any atom is 0.348 e. The summed E-state index contributed by atoms with van der Waals surface area (Å²) in [7, 11) is 0. The summed E-state index contributed by atoms with van der Waals surface area (Å²) in [5, 5.41) is 3.13. The topological polar surface area (TPSA) is 88.8 Å². The van der Waals surface area contributed by atoms with Crippen molar-refractivity contribution < 1.29 is 23.5 Å². The number of esters is 1. The molecule has 0 saturated carbocycles. The maximum atomic E-state index is 12.0. The van der Waals surface area contributed by atoms with Crippen molar-refractivity contribution in [3.8, 4) is 0 Å². The number of rotatable bonds is 5. The van der Waals surface area contributed by atoms with E-state index < -0.39 is 11.9 Å². The normalized spacial score (nSPS) is 13.8. The first-order valence-corrected chi connectivity index (χ1v) is 8.35. The third-order valence-electron chi connectivity index (χ3n) is 3.57. The highest BCUT2D eigenvalue weighted by atomic mass is 32.1. The molecule has 2 aromatic heterocycles. The minimum absolute atomic E-state index is 0.177. The molecule has 1 aliphatic rings. The van der Waals surface area contributed by atoms with Crippen LogP contribution in [0.25, 0.3) is 0 Å². The van der Waals surface area contributed by atoms with E-state index in [4.69, 9.17) is 9.15 Å². The number of nitrogens with zero attached hydrogens (tertiary/aromatic N) is 1. The summed E-state index contributed by atoms with van der Waals surface area (Å²) in [6.07, 6.45) is 3.39. The standard InChI is InChI=1S/C16H16N2O5S/c19-14(18-7-1-2-8-18)10-23-16(21)12-5-6-13(24-12)17-15(20)11-4-3-9-22-11/h3-6,9H,1-2,7-8,10H2,(H,17,20). The van der Waals surface area contributed by atoms with Crippen molar-refractivity contribution in [2.75, 3.05) is 25.0 Å². The van der Waals surface area contributed by atoms with Gasteiger partial charge in [-0.1, -0.05) is 0 Å². The van der Waals surface area contributed by atoms with Crippen LogP contribution in [0, 0.1) is 0 Å². The molecule has 0 atom stereocenters. The second-order valence-electron chi connectivity index (χ2n) is 5.26. The van der Waals surface area contributed by atoms with E-state index in [9.17, 15) is 14.4 Å². The molecule has 1 aliphatic heterocycles. The van der Waals surface area contributed by atoms with Gasteiger partial charge in [0.05, 0.1) is 11.3 Å². The van der Waals surface area contributed by atoms with Gasteiger partial charge in [-0.3, -0.25) is 9.59 Å². The number of anilines is 1. The number of hydrogen-bond donors (Lipinski definition) is 1. The quantitative estimate of drug-likeness (QED) is 0.838. The Balaban J connectivity index is 1.51. The van der Waals surface area contributed by atoms with Gasteiger partial charge in [0.2, 0.25) is 0 Å². The predicted molar refractivity (Wildman–Crippen MR) is 87.1 cm³/mol. The van der Waals surface area contributed by atoms with Crippen LogP contribution in [0.2, 0.25) is 0 Å². The average Bonchev–Trinajstić information content (AvgIpc) is 3.33. The number of carbonyl (C=O) groups is 3. The molecule has 0 aliphatic carbocycles. The molecule has 3 rings (SSSR count). The van der Waals surface area contributed by atoms with Gasteiger partial charge in [-0.2, -0.15) is 0 Å². The summed E-state index contributed by atoms with van der Waals surface area (Å²) in [6, 6.07) is 6.31. The smallest absolute Gasteiger partial charge is 0.348 e. The van der Waals surface area contributed by atoms with E-state index in [0.29, 0.717) is 9.88 Å². The number of thiophene rings is 1. The van der Waals surface area contributed by atoms with Crippen LogP contribution in [0.3, 0.4) is 0 Å². The van der Waals surface area contributed by atoms with Crippen molar-refractivity contribution in [2.24, 2.45) is 0 Å². The van der Waals surface area contributed by atoms with Crippen LogP contribution in [0.4, 0.5) is 5.00 Å². The van der Waals surface area contributed by atoms with Gasteiger partial charge in [0.15, 0.2) is 12.4 Å². The highest BCUT2D eigenvalue weighted by Crippen LogP contribution is 2.23. The Kier molecular flexibility index (Phi) is 4.95. The molecule has 24 heavy (non-hydrogen) atoms. The fourth-order valence-corrected chi connectivity index (χ4v) is 3.15. The predicted octanol–water partition coefficient (Wildman–Crippen LogP) is 2.37. The lowest BCUT2D eigenvalue weighted by Crippen LogP contribution is -2.31. The molecule has 0 aromatic carbocycles. The summed E-state index contributed by atoms with van der Waals surface area (Å²) < 4.78 is 10.0. The number of ether oxygens (including phenoxy) is 1. The van der Waals surface area contributed by atoms with Crippen LogP contribution in [0.15, 0.2) is 34.9 Å². The highest BCUT2D eigenvalue weighted by Gasteiger charge is 2.20. The lowest BCUT2D eigenvalue weighted by molar-refractivity contribution is -0.133. The number of carbonyl (C=O) groups excluding carboxylic acids is 3. The van der Waals surface area contributed by atoms with Gasteiger partial charge in [-0.15, -0.1) is 11.3 Å². The van der Waals surface area contributed by atoms with Crippen LogP contribution >= 0.6 is 11.3 Å². The SMILES string of the molecule is O=C(Nc1ccc(C(=O)OCC(=O)N2CCCC2)s1)c1ccco1. The van der Waals surface area contributed by atoms with E-state index in [1.54, 1.807) is 29.2 Å². The first-order chi connectivity index (χ1) is 11.6. The van der Waals surface area contributed by atoms with Crippen molar-refractivity contribution in [3.05, 3.63) is 41.2 Å². The summed E-state index contributed by atoms with van der Waals surface area (Å²) in [4.78, 5) is 37.7. The molecular formula is C16H16N2O5S. The zero-order chi connectivity index (χ0) is 16.9. The van der Waals surface area contributed by atoms with E-state index in [1.807, 2.05) is 0 Å². The molecule has 0 radical (unpaired) electrons. The number of amides is 2. The highest BCUT2D eigenvalue weighted by molar-refractivity contribution is 7.18. The third-order valence-corrected chi connectivity index (χ3v) is 4.56. The Labute approximate surface area is 142 Å². The van der Waals surface area contributed by atoms with Gasteiger partial charge in [-0.05, 0) is 37.1 Å². The maximum absolute atomic E-state index is 12.0. The Bertz CT molecular complexity index is 731. The number of furan rings is 1. The largest absolute Gasteiger partial charge is 0.459 e. The zero-order valence-corrected chi connectivity index (χ0v) is 13.6. The molecule has 1 saturated heterocycles. The molecule has 1 fully saturated rings. The summed E-state index contributed by atoms with van der Waals surface area (Å²) in [5.74, 6) is -0.968. The first-order valence-electron chi connectivity index (χ1n) is 7.53. The van der Waals surface area contributed by atoms with Crippen LogP contribution in [-0.4, -0.2) is 42.4 Å². The van der Waals surface area contributed by atoms with Gasteiger partial charge in [0.25, 0.3) is 11.8 Å². The molecule has 2 amide bonds. The number of likely N-dealkylation sites (tertiary alicyclic amines) is 1. The van der Waals surface area contributed by atoms with E-state index in [2.05, 4.69) is 5.32 Å². The molecule has 8 heteroatoms. The van der Waals surface area contributed by atoms with Gasteiger partial charge in [-0.25, -0.2) is 4.79 Å². The summed E-state index contributed by atoms with van der Waals surface area (Å²) >= 11 is 1.08. The van der Waals surface area contributed by atoms with Crippen LogP contribution in [-0.2, 0) is 9.53 Å². The van der Waals surface area contributed by atoms with Crippen LogP contribution in [0.5, 0.6) is 0 Å². The Morgan fingerprint density at radius 1 is 1.21 bits per heavy atom. The third kappa shape index (κ3) is 3.83. The molecule has 2 aromatic rings. The van der Waals surface area contributed by atoms with Crippen molar-refractivity contribution in [3.63, 3.8) is 0 Å². The Morgan fingerprint density at radius 3 is 2.71 bits per heavy atom. The van der Waals surface area contributed by atoms with Crippen LogP contribution < -0.4 is 5.32 Å². The van der Waals surface area contributed by atoms with Gasteiger partial charge < -0.3 is 19.4 Å². The molecule has 1 N–H and O–H groups in total. The van der Waals surface area contributed by atoms with E-state index >= 15 is 0 Å². The van der Waals surface area contributed by atoms with Gasteiger partial charge >= 0.3 is 5.97 Å². The first kappa shape index (κ1) is 16.3. The van der Waals surface area contributed by atoms with Gasteiger partial charge in [0.1, 0.15) is 4.88 Å². The molecule has 0 unspecified atom stereocenters. The molecule has 3 heterocycles. The summed E-state index contributed by atoms with van der Waals surface area (Å²) in [6.45, 7) is 1.18. The lowest BCUT2D eigenvalue weighted by Gasteiger charge is -2.14. The number of hydrogen-bond acceptors (Lipinski definition) is 6. The van der Waals surface area contributed by atoms with E-state index in [1.165, 1.54) is 6.26 Å². The second-order valence-corrected chi connectivity index (χ2v) is 6.34. The van der Waals surface area contributed by atoms with Crippen molar-refractivity contribution in [2.45, 2.75) is 12.8 Å². The second kappa shape index (κ2) is 7.31. The van der Waals surface area contributed by atoms with Crippen LogP contribution in [0.1, 0.15) is 33.1 Å². The fourth-order valence-electron chi connectivity index (χ4n) is 2.35. The minimum atomic E-state index is -0.578. The average molecular weight is 348 g/mol. The van der Waals surface area contributed by atoms with Crippen molar-refractivity contribution >= 4 is 34.1 Å². The van der Waals surface area contributed by atoms with Crippen molar-refractivity contribution in [1.29, 1.82) is 0 Å². The monoisotopic (exact) mass is 348 g/mol. The molecule has 7 nitrogen and oxygen atoms in total. The Morgan fingerprint density at radius 2 is 2.00 bits per heavy atom. The molecular weight excluding hydrogens is 332 g/mol. The molecule has 126 valence electrons. The molecule has 0 spiro atoms. The zero-order valence-electron chi connectivity index (χ0n) is 12.8. The van der Waals surface area contributed by atoms with E-state index in [0.717, 1.165) is 37.3 Å².